The van der Waals surface area contributed by atoms with Crippen LogP contribution in [0.4, 0.5) is 0 Å². The van der Waals surface area contributed by atoms with Crippen LogP contribution >= 0.6 is 0 Å². The van der Waals surface area contributed by atoms with E-state index in [1.807, 2.05) is 66.7 Å². The number of benzene rings is 2. The molecule has 0 bridgehead atoms. The smallest absolute Gasteiger partial charge is 0.306 e. The highest BCUT2D eigenvalue weighted by Gasteiger charge is 2.34. The number of rotatable bonds is 6. The lowest BCUT2D eigenvalue weighted by Crippen LogP contribution is -2.49. The van der Waals surface area contributed by atoms with Gasteiger partial charge in [0.1, 0.15) is 6.10 Å². The van der Waals surface area contributed by atoms with Gasteiger partial charge in [-0.15, -0.1) is 0 Å². The van der Waals surface area contributed by atoms with E-state index in [2.05, 4.69) is 5.32 Å². The maximum Gasteiger partial charge on any atom is 0.306 e. The van der Waals surface area contributed by atoms with Crippen LogP contribution in [0.25, 0.3) is 0 Å². The Morgan fingerprint density at radius 2 is 1.80 bits per heavy atom. The van der Waals surface area contributed by atoms with Gasteiger partial charge in [-0.3, -0.25) is 14.4 Å². The summed E-state index contributed by atoms with van der Waals surface area (Å²) < 4.78 is 11.3. The second-order valence-electron chi connectivity index (χ2n) is 10.6. The van der Waals surface area contributed by atoms with Crippen LogP contribution in [0.5, 0.6) is 0 Å². The number of amides is 2. The molecule has 2 aromatic rings. The first-order chi connectivity index (χ1) is 19.5. The van der Waals surface area contributed by atoms with E-state index in [0.717, 1.165) is 29.5 Å². The average molecular weight is 549 g/mol. The van der Waals surface area contributed by atoms with Crippen molar-refractivity contribution in [3.8, 4) is 0 Å². The topological polar surface area (TPSA) is 105 Å². The summed E-state index contributed by atoms with van der Waals surface area (Å²) in [5, 5.41) is 13.1. The lowest BCUT2D eigenvalue weighted by atomic mass is 9.92. The van der Waals surface area contributed by atoms with Crippen molar-refractivity contribution in [3.63, 3.8) is 0 Å². The Balaban J connectivity index is 1.57. The number of carbonyl (C=O) groups is 3. The Labute approximate surface area is 236 Å². The second-order valence-corrected chi connectivity index (χ2v) is 10.6. The summed E-state index contributed by atoms with van der Waals surface area (Å²) in [5.74, 6) is -1.42. The number of cyclic esters (lactones) is 1. The predicted molar refractivity (Wildman–Crippen MR) is 151 cm³/mol. The number of fused-ring (bicyclic) bond motifs is 1. The van der Waals surface area contributed by atoms with Crippen LogP contribution in [-0.4, -0.2) is 60.2 Å². The van der Waals surface area contributed by atoms with Gasteiger partial charge in [0.15, 0.2) is 0 Å². The lowest BCUT2D eigenvalue weighted by molar-refractivity contribution is -0.153. The van der Waals surface area contributed by atoms with E-state index in [0.29, 0.717) is 32.2 Å². The summed E-state index contributed by atoms with van der Waals surface area (Å²) in [6.45, 7) is 0.393. The number of nitrogens with one attached hydrogen (secondary N) is 1. The summed E-state index contributed by atoms with van der Waals surface area (Å²) in [4.78, 5) is 41.8. The van der Waals surface area contributed by atoms with E-state index in [9.17, 15) is 19.5 Å². The number of hydrogen-bond donors (Lipinski definition) is 2. The zero-order chi connectivity index (χ0) is 28.3. The van der Waals surface area contributed by atoms with Gasteiger partial charge in [0.25, 0.3) is 0 Å². The summed E-state index contributed by atoms with van der Waals surface area (Å²) in [7, 11) is 1.54. The van der Waals surface area contributed by atoms with Crippen LogP contribution in [0.15, 0.2) is 66.7 Å². The fraction of sp³-hybridized carbons (Fsp3) is 0.469. The molecule has 0 spiro atoms. The molecule has 8 nitrogen and oxygen atoms in total. The number of methoxy groups -OCH3 is 1. The molecule has 40 heavy (non-hydrogen) atoms. The number of aliphatic hydroxyl groups is 1. The number of aliphatic hydroxyl groups excluding tert-OH is 1. The first-order valence-corrected chi connectivity index (χ1v) is 14.2. The van der Waals surface area contributed by atoms with Crippen molar-refractivity contribution < 1.29 is 29.0 Å². The first kappa shape index (κ1) is 29.5. The van der Waals surface area contributed by atoms with Gasteiger partial charge in [0.2, 0.25) is 11.8 Å². The number of carbonyl (C=O) groups excluding carboxylic acids is 3. The molecule has 0 saturated heterocycles. The first-order valence-electron chi connectivity index (χ1n) is 14.2. The van der Waals surface area contributed by atoms with Gasteiger partial charge in [-0.1, -0.05) is 66.7 Å². The van der Waals surface area contributed by atoms with Crippen LogP contribution in [0.3, 0.4) is 0 Å². The van der Waals surface area contributed by atoms with E-state index >= 15 is 0 Å². The highest BCUT2D eigenvalue weighted by molar-refractivity contribution is 5.86. The van der Waals surface area contributed by atoms with Gasteiger partial charge in [0, 0.05) is 26.5 Å². The number of allylic oxidation sites excluding steroid dienone is 2. The Morgan fingerprint density at radius 1 is 1.05 bits per heavy atom. The van der Waals surface area contributed by atoms with Crippen molar-refractivity contribution in [3.05, 3.63) is 83.4 Å². The van der Waals surface area contributed by atoms with Crippen molar-refractivity contribution in [2.45, 2.75) is 69.7 Å². The molecular weight excluding hydrogens is 508 g/mol. The maximum absolute atomic E-state index is 13.7. The number of ether oxygens (including phenoxy) is 2. The minimum absolute atomic E-state index is 0.00430. The van der Waals surface area contributed by atoms with Gasteiger partial charge in [-0.2, -0.15) is 0 Å². The van der Waals surface area contributed by atoms with E-state index in [1.54, 1.807) is 4.90 Å². The van der Waals surface area contributed by atoms with Gasteiger partial charge in [-0.25, -0.2) is 0 Å². The molecule has 0 fully saturated rings. The Bertz CT molecular complexity index is 1170. The zero-order valence-corrected chi connectivity index (χ0v) is 23.2. The van der Waals surface area contributed by atoms with Crippen LogP contribution in [0.2, 0.25) is 0 Å². The van der Waals surface area contributed by atoms with Crippen molar-refractivity contribution in [1.82, 2.24) is 10.2 Å². The van der Waals surface area contributed by atoms with E-state index in [4.69, 9.17) is 9.47 Å². The van der Waals surface area contributed by atoms with E-state index in [-0.39, 0.29) is 43.5 Å². The third kappa shape index (κ3) is 7.79. The molecular formula is C32H40N2O6. The third-order valence-electron chi connectivity index (χ3n) is 7.69. The highest BCUT2D eigenvalue weighted by atomic mass is 16.5. The van der Waals surface area contributed by atoms with E-state index in [1.165, 1.54) is 7.11 Å². The fourth-order valence-corrected chi connectivity index (χ4v) is 5.47. The summed E-state index contributed by atoms with van der Waals surface area (Å²) >= 11 is 0. The minimum atomic E-state index is -0.732. The molecule has 2 aliphatic heterocycles. The molecule has 4 atom stereocenters. The van der Waals surface area contributed by atoms with Gasteiger partial charge < -0.3 is 24.8 Å². The number of nitrogens with zero attached hydrogens (tertiary/aromatic N) is 1. The standard InChI is InChI=1S/C32H40N2O6/c1-39-22-28-31(23-12-7-5-8-13-23)40-30(37)17-9-4-2-3-6-15-25(32(38)33-28)19-29(36)34-20-26-16-11-10-14-24(26)18-27(34)21-35/h3,5-8,10-14,16,25,27-28,31,35H,2,4,9,15,17-22H2,1H3,(H,33,38)/t25-,27+,28+,31+/m1/s1. The lowest BCUT2D eigenvalue weighted by Gasteiger charge is -2.37. The highest BCUT2D eigenvalue weighted by Crippen LogP contribution is 2.27. The van der Waals surface area contributed by atoms with E-state index < -0.39 is 18.1 Å². The number of hydrogen-bond acceptors (Lipinski definition) is 6. The largest absolute Gasteiger partial charge is 0.455 e. The number of esters is 1. The Morgan fingerprint density at radius 3 is 2.55 bits per heavy atom. The summed E-state index contributed by atoms with van der Waals surface area (Å²) in [5.41, 5.74) is 2.95. The Kier molecular flexibility index (Phi) is 10.9. The molecule has 214 valence electrons. The van der Waals surface area contributed by atoms with Crippen molar-refractivity contribution in [1.29, 1.82) is 0 Å². The molecule has 0 saturated carbocycles. The normalized spacial score (nSPS) is 24.4. The van der Waals surface area contributed by atoms with Crippen molar-refractivity contribution in [2.75, 3.05) is 20.3 Å². The van der Waals surface area contributed by atoms with Crippen LogP contribution in [0.1, 0.15) is 61.3 Å². The van der Waals surface area contributed by atoms with Crippen LogP contribution < -0.4 is 5.32 Å². The average Bonchev–Trinajstić information content (AvgIpc) is 2.97. The molecule has 0 radical (unpaired) electrons. The summed E-state index contributed by atoms with van der Waals surface area (Å²) in [6, 6.07) is 16.3. The monoisotopic (exact) mass is 548 g/mol. The second kappa shape index (κ2) is 14.8. The SMILES string of the molecule is COC[C@@H]1NC(=O)[C@@H](CC(=O)N2Cc3ccccc3C[C@H]2CO)CC=CCCCCC(=O)O[C@H]1c1ccccc1. The zero-order valence-electron chi connectivity index (χ0n) is 23.2. The molecule has 0 aromatic heterocycles. The fourth-order valence-electron chi connectivity index (χ4n) is 5.47. The molecule has 2 N–H and O–H groups in total. The maximum atomic E-state index is 13.7. The minimum Gasteiger partial charge on any atom is -0.455 e. The molecule has 4 rings (SSSR count). The van der Waals surface area contributed by atoms with Crippen molar-refractivity contribution in [2.24, 2.45) is 5.92 Å². The molecule has 0 unspecified atom stereocenters. The van der Waals surface area contributed by atoms with Gasteiger partial charge in [-0.05, 0) is 48.8 Å². The quantitative estimate of drug-likeness (QED) is 0.420. The Hall–Kier alpha value is -3.49. The predicted octanol–water partition coefficient (Wildman–Crippen LogP) is 3.87. The van der Waals surface area contributed by atoms with Crippen molar-refractivity contribution >= 4 is 17.8 Å². The van der Waals surface area contributed by atoms with Crippen LogP contribution in [-0.2, 0) is 36.8 Å². The third-order valence-corrected chi connectivity index (χ3v) is 7.69. The van der Waals surface area contributed by atoms with Gasteiger partial charge in [0.05, 0.1) is 31.2 Å². The molecule has 2 heterocycles. The molecule has 0 aliphatic carbocycles. The molecule has 2 amide bonds. The molecule has 2 aliphatic rings. The molecule has 2 aromatic carbocycles. The molecule has 8 heteroatoms. The van der Waals surface area contributed by atoms with Crippen LogP contribution in [0, 0.1) is 5.92 Å². The summed E-state index contributed by atoms with van der Waals surface area (Å²) in [6.07, 6.45) is 6.82. The van der Waals surface area contributed by atoms with Gasteiger partial charge >= 0.3 is 5.97 Å².